The van der Waals surface area contributed by atoms with Crippen molar-refractivity contribution in [2.45, 2.75) is 71.6 Å². The Hall–Kier alpha value is -1.61. The molecule has 0 bridgehead atoms. The van der Waals surface area contributed by atoms with E-state index in [0.29, 0.717) is 17.2 Å². The molecular weight excluding hydrogens is 436 g/mol. The highest BCUT2D eigenvalue weighted by atomic mass is 35.5. The van der Waals surface area contributed by atoms with Gasteiger partial charge >= 0.3 is 5.97 Å². The third kappa shape index (κ3) is 7.48. The van der Waals surface area contributed by atoms with Crippen molar-refractivity contribution in [3.8, 4) is 5.75 Å². The molecule has 0 radical (unpaired) electrons. The Balaban J connectivity index is 2.67. The maximum absolute atomic E-state index is 12.7. The summed E-state index contributed by atoms with van der Waals surface area (Å²) in [5.74, 6) is -0.576. The minimum absolute atomic E-state index is 0.235. The molecule has 0 aliphatic heterocycles. The van der Waals surface area contributed by atoms with Gasteiger partial charge in [-0.1, -0.05) is 45.4 Å². The number of nitrogens with two attached hydrogens (primary N) is 1. The van der Waals surface area contributed by atoms with Crippen molar-refractivity contribution in [3.63, 3.8) is 0 Å². The Bertz CT molecular complexity index is 736. The molecule has 1 unspecified atom stereocenters. The molecule has 2 atom stereocenters. The van der Waals surface area contributed by atoms with E-state index >= 15 is 0 Å². The summed E-state index contributed by atoms with van der Waals surface area (Å²) in [6.45, 7) is 10.4. The summed E-state index contributed by atoms with van der Waals surface area (Å²) >= 11 is 6.11. The molecule has 0 aliphatic carbocycles. The van der Waals surface area contributed by atoms with E-state index in [0.717, 1.165) is 23.7 Å². The molecule has 1 aromatic rings. The van der Waals surface area contributed by atoms with Crippen LogP contribution in [0.4, 0.5) is 0 Å². The molecule has 1 amide bonds. The normalized spacial score (nSPS) is 14.5. The predicted molar refractivity (Wildman–Crippen MR) is 125 cm³/mol. The van der Waals surface area contributed by atoms with Gasteiger partial charge in [-0.25, -0.2) is 4.79 Å². The summed E-state index contributed by atoms with van der Waals surface area (Å²) in [7, 11) is -0.315. The summed E-state index contributed by atoms with van der Waals surface area (Å²) in [6, 6.07) is 7.27. The van der Waals surface area contributed by atoms with Crippen LogP contribution in [0.15, 0.2) is 18.2 Å². The van der Waals surface area contributed by atoms with Crippen molar-refractivity contribution in [3.05, 3.63) is 28.8 Å². The van der Waals surface area contributed by atoms with Crippen LogP contribution in [0, 0.1) is 5.41 Å². The Labute approximate surface area is 192 Å². The molecule has 9 heteroatoms. The lowest BCUT2D eigenvalue weighted by atomic mass is 9.89. The van der Waals surface area contributed by atoms with Crippen LogP contribution in [0.2, 0.25) is 23.2 Å². The van der Waals surface area contributed by atoms with Gasteiger partial charge in [0.05, 0.1) is 23.6 Å². The number of amides is 1. The lowest BCUT2D eigenvalue weighted by molar-refractivity contribution is -0.170. The van der Waals surface area contributed by atoms with Gasteiger partial charge in [0.2, 0.25) is 0 Å². The Morgan fingerprint density at radius 3 is 2.29 bits per heavy atom. The first-order valence-electron chi connectivity index (χ1n) is 10.8. The minimum Gasteiger partial charge on any atom is -0.495 e. The first kappa shape index (κ1) is 27.4. The van der Waals surface area contributed by atoms with Crippen LogP contribution in [0.3, 0.4) is 0 Å². The molecule has 0 heterocycles. The van der Waals surface area contributed by atoms with E-state index in [1.807, 2.05) is 6.92 Å². The number of nitrogens with one attached hydrogen (secondary N) is 1. The topological polar surface area (TPSA) is 99.9 Å². The fraction of sp³-hybridized carbons (Fsp3) is 0.636. The molecule has 0 spiro atoms. The summed E-state index contributed by atoms with van der Waals surface area (Å²) in [6.07, 6.45) is 0.763. The Kier molecular flexibility index (Phi) is 11.0. The second-order valence-corrected chi connectivity index (χ2v) is 13.3. The van der Waals surface area contributed by atoms with Crippen LogP contribution in [0.5, 0.6) is 5.75 Å². The number of hydrogen-bond donors (Lipinski definition) is 2. The minimum atomic E-state index is -1.84. The number of hydrogen-bond acceptors (Lipinski definition) is 6. The Morgan fingerprint density at radius 2 is 1.81 bits per heavy atom. The summed E-state index contributed by atoms with van der Waals surface area (Å²) < 4.78 is 11.4. The first-order valence-corrected chi connectivity index (χ1v) is 13.7. The molecule has 31 heavy (non-hydrogen) atoms. The molecule has 0 saturated carbocycles. The van der Waals surface area contributed by atoms with E-state index in [1.165, 1.54) is 7.11 Å². The molecule has 3 N–H and O–H groups in total. The third-order valence-corrected chi connectivity index (χ3v) is 11.1. The van der Waals surface area contributed by atoms with Gasteiger partial charge in [0, 0.05) is 6.61 Å². The number of halogens is 1. The zero-order valence-corrected chi connectivity index (χ0v) is 21.3. The fourth-order valence-corrected chi connectivity index (χ4v) is 6.17. The number of carbonyl (C=O) groups is 2. The van der Waals surface area contributed by atoms with Gasteiger partial charge in [-0.3, -0.25) is 4.79 Å². The average molecular weight is 473 g/mol. The maximum atomic E-state index is 12.7. The van der Waals surface area contributed by atoms with Crippen LogP contribution < -0.4 is 16.0 Å². The van der Waals surface area contributed by atoms with E-state index in [9.17, 15) is 9.59 Å². The van der Waals surface area contributed by atoms with E-state index in [1.54, 1.807) is 25.1 Å². The number of rotatable bonds is 12. The van der Waals surface area contributed by atoms with Crippen molar-refractivity contribution in [2.75, 3.05) is 13.7 Å². The SMILES string of the molecule is CCC(C)(CO[Si](CC)(CC)CC)C(=O)ONC(=O)[C@H](N)Cc1ccc(OC)c(Cl)c1. The molecule has 0 aliphatic rings. The third-order valence-electron chi connectivity index (χ3n) is 6.16. The molecule has 7 nitrogen and oxygen atoms in total. The highest BCUT2D eigenvalue weighted by Crippen LogP contribution is 2.29. The molecule has 0 aromatic heterocycles. The fourth-order valence-electron chi connectivity index (χ4n) is 3.15. The van der Waals surface area contributed by atoms with Crippen LogP contribution in [-0.4, -0.2) is 40.0 Å². The number of carbonyl (C=O) groups excluding carboxylic acids is 2. The van der Waals surface area contributed by atoms with Crippen molar-refractivity contribution in [1.29, 1.82) is 0 Å². The van der Waals surface area contributed by atoms with Gasteiger partial charge < -0.3 is 19.7 Å². The standard InChI is InChI=1S/C22H37ClN2O5Si/c1-7-22(5,15-29-31(8-2,9-3)10-4)21(27)30-25-20(26)18(24)14-16-11-12-19(28-6)17(23)13-16/h11-13,18H,7-10,14-15,24H2,1-6H3,(H,25,26)/t18-,22?/m1/s1. The first-order chi connectivity index (χ1) is 14.6. The van der Waals surface area contributed by atoms with Crippen molar-refractivity contribution >= 4 is 31.8 Å². The van der Waals surface area contributed by atoms with Gasteiger partial charge in [-0.05, 0) is 55.6 Å². The summed E-state index contributed by atoms with van der Waals surface area (Å²) in [5.41, 5.74) is 8.10. The zero-order chi connectivity index (χ0) is 23.7. The number of ether oxygens (including phenoxy) is 1. The van der Waals surface area contributed by atoms with Gasteiger partial charge in [0.25, 0.3) is 5.91 Å². The highest BCUT2D eigenvalue weighted by molar-refractivity contribution is 6.73. The lowest BCUT2D eigenvalue weighted by Gasteiger charge is -2.33. The second kappa shape index (κ2) is 12.4. The Morgan fingerprint density at radius 1 is 1.19 bits per heavy atom. The molecule has 176 valence electrons. The van der Waals surface area contributed by atoms with Crippen molar-refractivity contribution in [2.24, 2.45) is 11.1 Å². The number of benzene rings is 1. The van der Waals surface area contributed by atoms with Gasteiger partial charge in [0.1, 0.15) is 5.75 Å². The van der Waals surface area contributed by atoms with Crippen molar-refractivity contribution in [1.82, 2.24) is 5.48 Å². The average Bonchev–Trinajstić information content (AvgIpc) is 2.78. The quantitative estimate of drug-likeness (QED) is 0.348. The number of methoxy groups -OCH3 is 1. The van der Waals surface area contributed by atoms with Crippen molar-refractivity contribution < 1.29 is 23.6 Å². The largest absolute Gasteiger partial charge is 0.495 e. The second-order valence-electron chi connectivity index (χ2n) is 8.08. The van der Waals surface area contributed by atoms with Gasteiger partial charge in [0.15, 0.2) is 8.32 Å². The van der Waals surface area contributed by atoms with Crippen LogP contribution in [0.25, 0.3) is 0 Å². The van der Waals surface area contributed by atoms with Crippen LogP contribution in [-0.2, 0) is 25.3 Å². The van der Waals surface area contributed by atoms with Gasteiger partial charge in [-0.2, -0.15) is 5.48 Å². The van der Waals surface area contributed by atoms with Crippen LogP contribution >= 0.6 is 11.6 Å². The summed E-state index contributed by atoms with van der Waals surface area (Å²) in [5, 5.41) is 0.434. The molecule has 1 rings (SSSR count). The molecule has 1 aromatic carbocycles. The van der Waals surface area contributed by atoms with E-state index in [-0.39, 0.29) is 13.0 Å². The van der Waals surface area contributed by atoms with E-state index in [4.69, 9.17) is 31.3 Å². The smallest absolute Gasteiger partial charge is 0.340 e. The summed E-state index contributed by atoms with van der Waals surface area (Å²) in [4.78, 5) is 30.2. The monoisotopic (exact) mass is 472 g/mol. The number of hydroxylamine groups is 1. The van der Waals surface area contributed by atoms with Crippen LogP contribution in [0.1, 0.15) is 46.6 Å². The molecule has 0 fully saturated rings. The molecular formula is C22H37ClN2O5Si. The predicted octanol–water partition coefficient (Wildman–Crippen LogP) is 4.23. The van der Waals surface area contributed by atoms with E-state index in [2.05, 4.69) is 26.3 Å². The van der Waals surface area contributed by atoms with Gasteiger partial charge in [-0.15, -0.1) is 0 Å². The maximum Gasteiger partial charge on any atom is 0.340 e. The van der Waals surface area contributed by atoms with E-state index < -0.39 is 31.7 Å². The lowest BCUT2D eigenvalue weighted by Crippen LogP contribution is -2.47. The molecule has 0 saturated heterocycles. The highest BCUT2D eigenvalue weighted by Gasteiger charge is 2.38. The zero-order valence-electron chi connectivity index (χ0n) is 19.5.